The molecule has 0 spiro atoms. The maximum absolute atomic E-state index is 12.6. The minimum absolute atomic E-state index is 0.0325. The molecule has 94 valence electrons. The van der Waals surface area contributed by atoms with Crippen LogP contribution in [0.5, 0.6) is 5.75 Å². The Morgan fingerprint density at radius 1 is 1.00 bits per heavy atom. The van der Waals surface area contributed by atoms with Gasteiger partial charge >= 0.3 is 0 Å². The molecule has 0 unspecified atom stereocenters. The lowest BCUT2D eigenvalue weighted by atomic mass is 10.0. The number of H-pyrrole nitrogens is 1. The Morgan fingerprint density at radius 3 is 2.58 bits per heavy atom. The molecule has 3 aromatic rings. The van der Waals surface area contributed by atoms with E-state index in [4.69, 9.17) is 4.74 Å². The molecule has 0 fully saturated rings. The second-order valence-electron chi connectivity index (χ2n) is 4.28. The van der Waals surface area contributed by atoms with E-state index in [2.05, 4.69) is 4.98 Å². The van der Waals surface area contributed by atoms with E-state index in [9.17, 15) is 4.79 Å². The predicted octanol–water partition coefficient (Wildman–Crippen LogP) is 3.41. The van der Waals surface area contributed by atoms with Crippen molar-refractivity contribution in [2.45, 2.75) is 0 Å². The first-order valence-electron chi connectivity index (χ1n) is 6.05. The molecule has 3 heteroatoms. The normalized spacial score (nSPS) is 10.6. The quantitative estimate of drug-likeness (QED) is 0.725. The van der Waals surface area contributed by atoms with Crippen LogP contribution in [0.4, 0.5) is 0 Å². The van der Waals surface area contributed by atoms with Crippen molar-refractivity contribution in [3.8, 4) is 5.75 Å². The molecule has 0 aliphatic heterocycles. The van der Waals surface area contributed by atoms with Crippen molar-refractivity contribution >= 4 is 16.7 Å². The van der Waals surface area contributed by atoms with E-state index >= 15 is 0 Å². The second kappa shape index (κ2) is 4.61. The zero-order valence-corrected chi connectivity index (χ0v) is 10.5. The van der Waals surface area contributed by atoms with Crippen LogP contribution >= 0.6 is 0 Å². The number of rotatable bonds is 3. The lowest BCUT2D eigenvalue weighted by Gasteiger charge is -2.06. The van der Waals surface area contributed by atoms with Crippen LogP contribution in [0.15, 0.2) is 54.7 Å². The van der Waals surface area contributed by atoms with Crippen molar-refractivity contribution in [3.63, 3.8) is 0 Å². The largest absolute Gasteiger partial charge is 0.496 e. The van der Waals surface area contributed by atoms with Gasteiger partial charge < -0.3 is 9.72 Å². The van der Waals surface area contributed by atoms with E-state index in [0.717, 1.165) is 10.9 Å². The Balaban J connectivity index is 2.14. The lowest BCUT2D eigenvalue weighted by molar-refractivity contribution is 0.103. The Labute approximate surface area is 110 Å². The summed E-state index contributed by atoms with van der Waals surface area (Å²) in [5, 5.41) is 0.929. The van der Waals surface area contributed by atoms with Crippen molar-refractivity contribution in [1.29, 1.82) is 0 Å². The maximum atomic E-state index is 12.6. The van der Waals surface area contributed by atoms with Gasteiger partial charge in [0.25, 0.3) is 0 Å². The third kappa shape index (κ3) is 1.89. The first-order valence-corrected chi connectivity index (χ1v) is 6.05. The van der Waals surface area contributed by atoms with E-state index in [-0.39, 0.29) is 5.78 Å². The van der Waals surface area contributed by atoms with Gasteiger partial charge in [-0.15, -0.1) is 0 Å². The van der Waals surface area contributed by atoms with Crippen LogP contribution in [0.3, 0.4) is 0 Å². The highest BCUT2D eigenvalue weighted by Gasteiger charge is 2.17. The van der Waals surface area contributed by atoms with Gasteiger partial charge in [-0.2, -0.15) is 0 Å². The van der Waals surface area contributed by atoms with Gasteiger partial charge in [0.05, 0.1) is 12.7 Å². The maximum Gasteiger partial charge on any atom is 0.198 e. The number of hydrogen-bond acceptors (Lipinski definition) is 2. The van der Waals surface area contributed by atoms with E-state index in [0.29, 0.717) is 16.9 Å². The summed E-state index contributed by atoms with van der Waals surface area (Å²) in [7, 11) is 1.57. The molecule has 1 N–H and O–H groups in total. The van der Waals surface area contributed by atoms with Crippen LogP contribution in [-0.4, -0.2) is 17.9 Å². The fourth-order valence-electron chi connectivity index (χ4n) is 2.24. The summed E-state index contributed by atoms with van der Waals surface area (Å²) in [6.07, 6.45) is 1.75. The predicted molar refractivity (Wildman–Crippen MR) is 74.7 cm³/mol. The molecule has 0 saturated heterocycles. The van der Waals surface area contributed by atoms with Crippen LogP contribution in [0, 0.1) is 0 Å². The van der Waals surface area contributed by atoms with Crippen LogP contribution < -0.4 is 4.74 Å². The smallest absolute Gasteiger partial charge is 0.198 e. The SMILES string of the molecule is COc1ccccc1C(=O)c1c[nH]c2ccccc12. The molecule has 1 aromatic heterocycles. The first-order chi connectivity index (χ1) is 9.31. The molecule has 0 saturated carbocycles. The molecule has 19 heavy (non-hydrogen) atoms. The van der Waals surface area contributed by atoms with Gasteiger partial charge in [-0.05, 0) is 18.2 Å². The van der Waals surface area contributed by atoms with Gasteiger partial charge in [0.15, 0.2) is 5.78 Å². The Hall–Kier alpha value is -2.55. The van der Waals surface area contributed by atoms with Crippen LogP contribution in [0.25, 0.3) is 10.9 Å². The highest BCUT2D eigenvalue weighted by atomic mass is 16.5. The lowest BCUT2D eigenvalue weighted by Crippen LogP contribution is -2.03. The summed E-state index contributed by atoms with van der Waals surface area (Å²) in [4.78, 5) is 15.7. The fraction of sp³-hybridized carbons (Fsp3) is 0.0625. The minimum Gasteiger partial charge on any atom is -0.496 e. The number of hydrogen-bond donors (Lipinski definition) is 1. The molecule has 0 radical (unpaired) electrons. The van der Waals surface area contributed by atoms with Gasteiger partial charge in [-0.25, -0.2) is 0 Å². The molecular formula is C16H13NO2. The second-order valence-corrected chi connectivity index (χ2v) is 4.28. The summed E-state index contributed by atoms with van der Waals surface area (Å²) in [6.45, 7) is 0. The summed E-state index contributed by atoms with van der Waals surface area (Å²) in [6, 6.07) is 15.0. The van der Waals surface area contributed by atoms with E-state index in [1.54, 1.807) is 25.4 Å². The van der Waals surface area contributed by atoms with E-state index in [1.807, 2.05) is 36.4 Å². The van der Waals surface area contributed by atoms with Crippen molar-refractivity contribution in [2.75, 3.05) is 7.11 Å². The third-order valence-corrected chi connectivity index (χ3v) is 3.19. The average Bonchev–Trinajstić information content (AvgIpc) is 2.90. The molecule has 0 atom stereocenters. The first kappa shape index (κ1) is 11.5. The Kier molecular flexibility index (Phi) is 2.80. The number of methoxy groups -OCH3 is 1. The number of para-hydroxylation sites is 2. The number of nitrogens with one attached hydrogen (secondary N) is 1. The molecule has 3 rings (SSSR count). The molecule has 0 amide bonds. The average molecular weight is 251 g/mol. The van der Waals surface area contributed by atoms with Crippen LogP contribution in [0.1, 0.15) is 15.9 Å². The Bertz CT molecular complexity index is 743. The molecular weight excluding hydrogens is 238 g/mol. The summed E-state index contributed by atoms with van der Waals surface area (Å²) >= 11 is 0. The molecule has 1 heterocycles. The summed E-state index contributed by atoms with van der Waals surface area (Å²) in [5.41, 5.74) is 2.20. The molecule has 0 aliphatic carbocycles. The summed E-state index contributed by atoms with van der Waals surface area (Å²) < 4.78 is 5.25. The van der Waals surface area contributed by atoms with Gasteiger partial charge in [-0.3, -0.25) is 4.79 Å². The number of ether oxygens (including phenoxy) is 1. The number of ketones is 1. The zero-order valence-electron chi connectivity index (χ0n) is 10.5. The van der Waals surface area contributed by atoms with E-state index < -0.39 is 0 Å². The van der Waals surface area contributed by atoms with Crippen molar-refractivity contribution in [3.05, 3.63) is 65.9 Å². The van der Waals surface area contributed by atoms with Crippen molar-refractivity contribution in [2.24, 2.45) is 0 Å². The number of aromatic nitrogens is 1. The van der Waals surface area contributed by atoms with E-state index in [1.165, 1.54) is 0 Å². The van der Waals surface area contributed by atoms with Gasteiger partial charge in [0.1, 0.15) is 5.75 Å². The van der Waals surface area contributed by atoms with Gasteiger partial charge in [0.2, 0.25) is 0 Å². The fourth-order valence-corrected chi connectivity index (χ4v) is 2.24. The van der Waals surface area contributed by atoms with Crippen molar-refractivity contribution < 1.29 is 9.53 Å². The highest BCUT2D eigenvalue weighted by Crippen LogP contribution is 2.25. The number of carbonyl (C=O) groups is 1. The van der Waals surface area contributed by atoms with Crippen LogP contribution in [0.2, 0.25) is 0 Å². The zero-order chi connectivity index (χ0) is 13.2. The van der Waals surface area contributed by atoms with Crippen molar-refractivity contribution in [1.82, 2.24) is 4.98 Å². The van der Waals surface area contributed by atoms with Gasteiger partial charge in [-0.1, -0.05) is 30.3 Å². The molecule has 2 aromatic carbocycles. The monoisotopic (exact) mass is 251 g/mol. The number of fused-ring (bicyclic) bond motifs is 1. The highest BCUT2D eigenvalue weighted by molar-refractivity contribution is 6.17. The summed E-state index contributed by atoms with van der Waals surface area (Å²) in [5.74, 6) is 0.563. The number of benzene rings is 2. The molecule has 0 bridgehead atoms. The molecule has 0 aliphatic rings. The van der Waals surface area contributed by atoms with Gasteiger partial charge in [0, 0.05) is 22.7 Å². The topological polar surface area (TPSA) is 42.1 Å². The van der Waals surface area contributed by atoms with Crippen LogP contribution in [-0.2, 0) is 0 Å². The number of carbonyl (C=O) groups excluding carboxylic acids is 1. The third-order valence-electron chi connectivity index (χ3n) is 3.19. The minimum atomic E-state index is -0.0325. The standard InChI is InChI=1S/C16H13NO2/c1-19-15-9-5-3-7-12(15)16(18)13-10-17-14-8-4-2-6-11(13)14/h2-10,17H,1H3. The molecule has 3 nitrogen and oxygen atoms in total. The Morgan fingerprint density at radius 2 is 1.74 bits per heavy atom. The number of aromatic amines is 1.